The van der Waals surface area contributed by atoms with E-state index in [1.807, 2.05) is 6.20 Å². The second kappa shape index (κ2) is 8.11. The first-order chi connectivity index (χ1) is 10.9. The Morgan fingerprint density at radius 2 is 1.50 bits per heavy atom. The molecule has 5 heteroatoms. The first-order valence-corrected chi connectivity index (χ1v) is 8.84. The van der Waals surface area contributed by atoms with Gasteiger partial charge in [0, 0.05) is 6.04 Å². The van der Waals surface area contributed by atoms with Crippen molar-refractivity contribution < 1.29 is 0 Å². The third-order valence-corrected chi connectivity index (χ3v) is 4.69. The van der Waals surface area contributed by atoms with Crippen molar-refractivity contribution >= 4 is 16.9 Å². The molecule has 0 aliphatic heterocycles. The van der Waals surface area contributed by atoms with Crippen molar-refractivity contribution in [3.8, 4) is 0 Å². The molecule has 1 fully saturated rings. The maximum Gasteiger partial charge on any atom is 0.160 e. The lowest BCUT2D eigenvalue weighted by Crippen LogP contribution is -2.20. The van der Waals surface area contributed by atoms with Gasteiger partial charge in [0.15, 0.2) is 5.65 Å². The molecule has 2 aromatic rings. The van der Waals surface area contributed by atoms with Gasteiger partial charge in [-0.2, -0.15) is 5.10 Å². The average molecular weight is 301 g/mol. The summed E-state index contributed by atoms with van der Waals surface area (Å²) in [5.74, 6) is 0.927. The number of rotatable bonds is 2. The molecule has 0 amide bonds. The van der Waals surface area contributed by atoms with Crippen LogP contribution in [0.1, 0.15) is 70.6 Å². The second-order valence-corrected chi connectivity index (χ2v) is 6.46. The lowest BCUT2D eigenvalue weighted by Gasteiger charge is -2.20. The Bertz CT molecular complexity index is 553. The van der Waals surface area contributed by atoms with Gasteiger partial charge in [0.2, 0.25) is 0 Å². The van der Waals surface area contributed by atoms with Crippen molar-refractivity contribution in [1.82, 2.24) is 20.2 Å². The molecule has 120 valence electrons. The van der Waals surface area contributed by atoms with Crippen LogP contribution >= 0.6 is 0 Å². The summed E-state index contributed by atoms with van der Waals surface area (Å²) in [6, 6.07) is 0.521. The Labute approximate surface area is 132 Å². The van der Waals surface area contributed by atoms with E-state index < -0.39 is 0 Å². The fourth-order valence-corrected chi connectivity index (χ4v) is 3.38. The third kappa shape index (κ3) is 4.18. The Morgan fingerprint density at radius 1 is 0.864 bits per heavy atom. The molecule has 0 spiro atoms. The maximum absolute atomic E-state index is 4.42. The van der Waals surface area contributed by atoms with Crippen LogP contribution in [-0.4, -0.2) is 26.2 Å². The second-order valence-electron chi connectivity index (χ2n) is 6.46. The monoisotopic (exact) mass is 301 g/mol. The predicted molar refractivity (Wildman–Crippen MR) is 89.9 cm³/mol. The molecule has 0 unspecified atom stereocenters. The summed E-state index contributed by atoms with van der Waals surface area (Å²) in [4.78, 5) is 8.63. The summed E-state index contributed by atoms with van der Waals surface area (Å²) in [5, 5.41) is 11.6. The van der Waals surface area contributed by atoms with Crippen molar-refractivity contribution in [2.75, 3.05) is 5.32 Å². The largest absolute Gasteiger partial charge is 0.367 e. The van der Waals surface area contributed by atoms with Gasteiger partial charge in [0.25, 0.3) is 0 Å². The van der Waals surface area contributed by atoms with Gasteiger partial charge in [-0.05, 0) is 12.8 Å². The van der Waals surface area contributed by atoms with Gasteiger partial charge in [0.1, 0.15) is 12.1 Å². The zero-order valence-corrected chi connectivity index (χ0v) is 13.4. The van der Waals surface area contributed by atoms with Crippen LogP contribution < -0.4 is 5.32 Å². The van der Waals surface area contributed by atoms with E-state index in [0.29, 0.717) is 6.04 Å². The molecule has 2 aromatic heterocycles. The number of anilines is 1. The summed E-state index contributed by atoms with van der Waals surface area (Å²) >= 11 is 0. The first-order valence-electron chi connectivity index (χ1n) is 8.84. The van der Waals surface area contributed by atoms with Crippen LogP contribution in [0.4, 0.5) is 5.82 Å². The molecule has 1 aliphatic rings. The Morgan fingerprint density at radius 3 is 2.18 bits per heavy atom. The van der Waals surface area contributed by atoms with Crippen molar-refractivity contribution in [3.63, 3.8) is 0 Å². The highest BCUT2D eigenvalue weighted by Gasteiger charge is 2.13. The van der Waals surface area contributed by atoms with Crippen molar-refractivity contribution in [3.05, 3.63) is 12.5 Å². The molecule has 0 aromatic carbocycles. The van der Waals surface area contributed by atoms with Crippen LogP contribution in [0.5, 0.6) is 0 Å². The standard InChI is InChI=1S/C17H27N5/c1-2-4-6-8-10-14(11-9-7-5-3-1)21-16-15-12-20-22-17(15)19-13-18-16/h12-14H,1-11H2,(H2,18,19,20,21,22). The Kier molecular flexibility index (Phi) is 5.62. The third-order valence-electron chi connectivity index (χ3n) is 4.69. The molecule has 0 saturated heterocycles. The Hall–Kier alpha value is -1.65. The lowest BCUT2D eigenvalue weighted by molar-refractivity contribution is 0.480. The van der Waals surface area contributed by atoms with E-state index in [4.69, 9.17) is 0 Å². The van der Waals surface area contributed by atoms with E-state index in [1.54, 1.807) is 6.33 Å². The molecular formula is C17H27N5. The minimum atomic E-state index is 0.521. The van der Waals surface area contributed by atoms with Crippen molar-refractivity contribution in [2.45, 2.75) is 76.7 Å². The molecule has 1 aliphatic carbocycles. The minimum Gasteiger partial charge on any atom is -0.367 e. The van der Waals surface area contributed by atoms with Crippen LogP contribution in [0.15, 0.2) is 12.5 Å². The summed E-state index contributed by atoms with van der Waals surface area (Å²) in [7, 11) is 0. The molecule has 3 rings (SSSR count). The fraction of sp³-hybridized carbons (Fsp3) is 0.706. The van der Waals surface area contributed by atoms with Crippen molar-refractivity contribution in [2.24, 2.45) is 0 Å². The normalized spacial score (nSPS) is 19.5. The minimum absolute atomic E-state index is 0.521. The molecular weight excluding hydrogens is 274 g/mol. The van der Waals surface area contributed by atoms with Crippen LogP contribution in [0.3, 0.4) is 0 Å². The van der Waals surface area contributed by atoms with E-state index in [0.717, 1.165) is 16.9 Å². The van der Waals surface area contributed by atoms with Crippen LogP contribution in [0.2, 0.25) is 0 Å². The maximum atomic E-state index is 4.42. The summed E-state index contributed by atoms with van der Waals surface area (Å²) in [6.45, 7) is 0. The zero-order chi connectivity index (χ0) is 15.0. The molecule has 5 nitrogen and oxygen atoms in total. The van der Waals surface area contributed by atoms with Gasteiger partial charge in [-0.3, -0.25) is 5.10 Å². The fourth-order valence-electron chi connectivity index (χ4n) is 3.38. The van der Waals surface area contributed by atoms with Gasteiger partial charge >= 0.3 is 0 Å². The number of hydrogen-bond donors (Lipinski definition) is 2. The highest BCUT2D eigenvalue weighted by molar-refractivity contribution is 5.85. The highest BCUT2D eigenvalue weighted by atomic mass is 15.2. The van der Waals surface area contributed by atoms with Gasteiger partial charge in [0.05, 0.1) is 11.6 Å². The van der Waals surface area contributed by atoms with E-state index in [9.17, 15) is 0 Å². The summed E-state index contributed by atoms with van der Waals surface area (Å²) < 4.78 is 0. The van der Waals surface area contributed by atoms with Gasteiger partial charge in [-0.1, -0.05) is 57.8 Å². The Balaban J connectivity index is 1.63. The topological polar surface area (TPSA) is 66.5 Å². The number of nitrogens with one attached hydrogen (secondary N) is 2. The molecule has 0 bridgehead atoms. The summed E-state index contributed by atoms with van der Waals surface area (Å²) in [6.07, 6.45) is 18.3. The molecule has 2 N–H and O–H groups in total. The number of aromatic amines is 1. The van der Waals surface area contributed by atoms with Crippen molar-refractivity contribution in [1.29, 1.82) is 0 Å². The predicted octanol–water partition coefficient (Wildman–Crippen LogP) is 4.44. The van der Waals surface area contributed by atoms with Gasteiger partial charge in [-0.25, -0.2) is 9.97 Å². The quantitative estimate of drug-likeness (QED) is 0.860. The zero-order valence-electron chi connectivity index (χ0n) is 13.4. The molecule has 0 atom stereocenters. The van der Waals surface area contributed by atoms with Crippen LogP contribution in [0.25, 0.3) is 11.0 Å². The molecule has 22 heavy (non-hydrogen) atoms. The molecule has 2 heterocycles. The molecule has 1 saturated carbocycles. The van der Waals surface area contributed by atoms with Gasteiger partial charge in [-0.15, -0.1) is 0 Å². The van der Waals surface area contributed by atoms with E-state index in [-0.39, 0.29) is 0 Å². The van der Waals surface area contributed by atoms with Crippen LogP contribution in [-0.2, 0) is 0 Å². The number of aromatic nitrogens is 4. The number of H-pyrrole nitrogens is 1. The van der Waals surface area contributed by atoms with Crippen LogP contribution in [0, 0.1) is 0 Å². The first kappa shape index (κ1) is 15.3. The highest BCUT2D eigenvalue weighted by Crippen LogP contribution is 2.22. The summed E-state index contributed by atoms with van der Waals surface area (Å²) in [5.41, 5.74) is 0.811. The smallest absolute Gasteiger partial charge is 0.160 e. The number of nitrogens with zero attached hydrogens (tertiary/aromatic N) is 3. The number of fused-ring (bicyclic) bond motifs is 1. The molecule has 0 radical (unpaired) electrons. The van der Waals surface area contributed by atoms with E-state index in [2.05, 4.69) is 25.5 Å². The number of hydrogen-bond acceptors (Lipinski definition) is 4. The van der Waals surface area contributed by atoms with E-state index in [1.165, 1.54) is 70.6 Å². The SMILES string of the molecule is c1nc(NC2CCCCCCCCCCC2)c2cn[nH]c2n1. The lowest BCUT2D eigenvalue weighted by atomic mass is 9.98. The van der Waals surface area contributed by atoms with Gasteiger partial charge < -0.3 is 5.32 Å². The van der Waals surface area contributed by atoms with E-state index >= 15 is 0 Å². The average Bonchev–Trinajstić information content (AvgIpc) is 2.99.